The minimum Gasteiger partial charge on any atom is -0.481 e. The second-order valence-corrected chi connectivity index (χ2v) is 5.29. The van der Waals surface area contributed by atoms with Crippen LogP contribution in [-0.2, 0) is 16.1 Å². The Bertz CT molecular complexity index is 593. The minimum atomic E-state index is -1.01. The van der Waals surface area contributed by atoms with Gasteiger partial charge in [-0.25, -0.2) is 8.78 Å². The molecule has 0 aromatic heterocycles. The van der Waals surface area contributed by atoms with E-state index in [-0.39, 0.29) is 31.3 Å². The first-order valence-electron chi connectivity index (χ1n) is 7.07. The monoisotopic (exact) mass is 309 g/mol. The smallest absolute Gasteiger partial charge is 0.305 e. The Kier molecular flexibility index (Phi) is 5.25. The molecule has 0 fully saturated rings. The highest BCUT2D eigenvalue weighted by Gasteiger charge is 2.25. The SMILES string of the molecule is O=C(O)CCN(Cc1ccc(F)c(F)c1)C(=O)C1CC=CC1. The summed E-state index contributed by atoms with van der Waals surface area (Å²) in [5.41, 5.74) is 0.434. The van der Waals surface area contributed by atoms with E-state index in [0.717, 1.165) is 12.1 Å². The Morgan fingerprint density at radius 3 is 2.45 bits per heavy atom. The molecule has 2 rings (SSSR count). The number of hydrogen-bond acceptors (Lipinski definition) is 2. The second kappa shape index (κ2) is 7.15. The van der Waals surface area contributed by atoms with Crippen molar-refractivity contribution >= 4 is 11.9 Å². The summed E-state index contributed by atoms with van der Waals surface area (Å²) < 4.78 is 26.2. The number of rotatable bonds is 6. The van der Waals surface area contributed by atoms with Crippen LogP contribution in [0.2, 0.25) is 0 Å². The van der Waals surface area contributed by atoms with Crippen LogP contribution < -0.4 is 0 Å². The first-order chi connectivity index (χ1) is 10.5. The molecule has 1 N–H and O–H groups in total. The predicted molar refractivity (Wildman–Crippen MR) is 75.9 cm³/mol. The number of benzene rings is 1. The Morgan fingerprint density at radius 1 is 1.18 bits per heavy atom. The lowest BCUT2D eigenvalue weighted by molar-refractivity contribution is -0.140. The van der Waals surface area contributed by atoms with E-state index in [1.54, 1.807) is 0 Å². The van der Waals surface area contributed by atoms with Crippen molar-refractivity contribution in [1.82, 2.24) is 4.90 Å². The Labute approximate surface area is 127 Å². The number of carbonyl (C=O) groups excluding carboxylic acids is 1. The van der Waals surface area contributed by atoms with Gasteiger partial charge in [-0.05, 0) is 30.5 Å². The van der Waals surface area contributed by atoms with E-state index in [1.165, 1.54) is 11.0 Å². The summed E-state index contributed by atoms with van der Waals surface area (Å²) in [6, 6.07) is 3.43. The highest BCUT2D eigenvalue weighted by molar-refractivity contribution is 5.80. The van der Waals surface area contributed by atoms with Crippen molar-refractivity contribution in [3.63, 3.8) is 0 Å². The maximum Gasteiger partial charge on any atom is 0.305 e. The maximum atomic E-state index is 13.3. The van der Waals surface area contributed by atoms with E-state index in [9.17, 15) is 18.4 Å². The number of halogens is 2. The van der Waals surface area contributed by atoms with Gasteiger partial charge >= 0.3 is 5.97 Å². The van der Waals surface area contributed by atoms with Gasteiger partial charge in [-0.1, -0.05) is 18.2 Å². The number of amides is 1. The van der Waals surface area contributed by atoms with Crippen LogP contribution in [0.3, 0.4) is 0 Å². The molecule has 0 spiro atoms. The predicted octanol–water partition coefficient (Wildman–Crippen LogP) is 2.73. The number of carbonyl (C=O) groups is 2. The zero-order chi connectivity index (χ0) is 16.1. The lowest BCUT2D eigenvalue weighted by Crippen LogP contribution is -2.36. The maximum absolute atomic E-state index is 13.3. The third-order valence-corrected chi connectivity index (χ3v) is 3.62. The molecule has 4 nitrogen and oxygen atoms in total. The first kappa shape index (κ1) is 16.1. The summed E-state index contributed by atoms with van der Waals surface area (Å²) in [5, 5.41) is 8.80. The minimum absolute atomic E-state index is 0.0453. The number of hydrogen-bond donors (Lipinski definition) is 1. The van der Waals surface area contributed by atoms with Crippen LogP contribution in [0.25, 0.3) is 0 Å². The van der Waals surface area contributed by atoms with Crippen LogP contribution in [-0.4, -0.2) is 28.4 Å². The molecule has 1 aromatic carbocycles. The molecule has 0 heterocycles. The molecule has 0 bridgehead atoms. The zero-order valence-electron chi connectivity index (χ0n) is 12.0. The Hall–Kier alpha value is -2.24. The van der Waals surface area contributed by atoms with Gasteiger partial charge in [-0.15, -0.1) is 0 Å². The fraction of sp³-hybridized carbons (Fsp3) is 0.375. The van der Waals surface area contributed by atoms with Crippen LogP contribution in [0.1, 0.15) is 24.8 Å². The van der Waals surface area contributed by atoms with Crippen molar-refractivity contribution in [2.24, 2.45) is 5.92 Å². The number of aliphatic carboxylic acids is 1. The number of nitrogens with zero attached hydrogens (tertiary/aromatic N) is 1. The summed E-state index contributed by atoms with van der Waals surface area (Å²) >= 11 is 0. The standard InChI is InChI=1S/C16H17F2NO3/c17-13-6-5-11(9-14(13)18)10-19(8-7-15(20)21)16(22)12-3-1-2-4-12/h1-2,5-6,9,12H,3-4,7-8,10H2,(H,20,21). The van der Waals surface area contributed by atoms with Gasteiger partial charge in [0.2, 0.25) is 5.91 Å². The van der Waals surface area contributed by atoms with E-state index in [1.807, 2.05) is 12.2 Å². The van der Waals surface area contributed by atoms with Crippen LogP contribution >= 0.6 is 0 Å². The van der Waals surface area contributed by atoms with Crippen molar-refractivity contribution in [3.8, 4) is 0 Å². The largest absolute Gasteiger partial charge is 0.481 e. The molecule has 6 heteroatoms. The van der Waals surface area contributed by atoms with Gasteiger partial charge < -0.3 is 10.0 Å². The number of carboxylic acid groups (broad SMARTS) is 1. The number of allylic oxidation sites excluding steroid dienone is 2. The molecule has 1 aromatic rings. The van der Waals surface area contributed by atoms with Gasteiger partial charge in [0.05, 0.1) is 6.42 Å². The zero-order valence-corrected chi connectivity index (χ0v) is 12.0. The summed E-state index contributed by atoms with van der Waals surface area (Å²) in [7, 11) is 0. The highest BCUT2D eigenvalue weighted by atomic mass is 19.2. The van der Waals surface area contributed by atoms with Gasteiger partial charge in [0, 0.05) is 19.0 Å². The molecule has 1 aliphatic rings. The lowest BCUT2D eigenvalue weighted by atomic mass is 10.0. The summed E-state index contributed by atoms with van der Waals surface area (Å²) in [5.74, 6) is -3.29. The molecule has 0 unspecified atom stereocenters. The third-order valence-electron chi connectivity index (χ3n) is 3.62. The molecule has 118 valence electrons. The van der Waals surface area contributed by atoms with Crippen molar-refractivity contribution in [3.05, 3.63) is 47.5 Å². The summed E-state index contributed by atoms with van der Waals surface area (Å²) in [6.07, 6.45) is 4.89. The Balaban J connectivity index is 2.10. The molecule has 22 heavy (non-hydrogen) atoms. The van der Waals surface area contributed by atoms with E-state index in [2.05, 4.69) is 0 Å². The van der Waals surface area contributed by atoms with Crippen molar-refractivity contribution in [2.45, 2.75) is 25.8 Å². The summed E-state index contributed by atoms with van der Waals surface area (Å²) in [6.45, 7) is 0.115. The van der Waals surface area contributed by atoms with E-state index < -0.39 is 17.6 Å². The Morgan fingerprint density at radius 2 is 1.86 bits per heavy atom. The summed E-state index contributed by atoms with van der Waals surface area (Å²) in [4.78, 5) is 24.6. The highest BCUT2D eigenvalue weighted by Crippen LogP contribution is 2.22. The van der Waals surface area contributed by atoms with E-state index in [4.69, 9.17) is 5.11 Å². The van der Waals surface area contributed by atoms with Crippen LogP contribution in [0.5, 0.6) is 0 Å². The van der Waals surface area contributed by atoms with Crippen LogP contribution in [0, 0.1) is 17.6 Å². The molecule has 1 aliphatic carbocycles. The van der Waals surface area contributed by atoms with Crippen molar-refractivity contribution in [2.75, 3.05) is 6.54 Å². The van der Waals surface area contributed by atoms with Gasteiger partial charge in [0.1, 0.15) is 0 Å². The average Bonchev–Trinajstić information content (AvgIpc) is 3.00. The number of carboxylic acids is 1. The fourth-order valence-corrected chi connectivity index (χ4v) is 2.43. The normalized spacial score (nSPS) is 14.3. The first-order valence-corrected chi connectivity index (χ1v) is 7.07. The molecule has 0 aliphatic heterocycles. The molecule has 1 amide bonds. The molecular weight excluding hydrogens is 292 g/mol. The second-order valence-electron chi connectivity index (χ2n) is 5.29. The van der Waals surface area contributed by atoms with E-state index in [0.29, 0.717) is 18.4 Å². The average molecular weight is 309 g/mol. The molecule has 0 radical (unpaired) electrons. The lowest BCUT2D eigenvalue weighted by Gasteiger charge is -2.25. The topological polar surface area (TPSA) is 57.6 Å². The third kappa shape index (κ3) is 4.13. The van der Waals surface area contributed by atoms with Crippen LogP contribution in [0.15, 0.2) is 30.4 Å². The molecule has 0 atom stereocenters. The van der Waals surface area contributed by atoms with Gasteiger partial charge in [0.25, 0.3) is 0 Å². The molecule has 0 saturated heterocycles. The molecular formula is C16H17F2NO3. The van der Waals surface area contributed by atoms with Crippen molar-refractivity contribution in [1.29, 1.82) is 0 Å². The van der Waals surface area contributed by atoms with Gasteiger partial charge in [-0.3, -0.25) is 9.59 Å². The van der Waals surface area contributed by atoms with Crippen molar-refractivity contribution < 1.29 is 23.5 Å². The molecule has 0 saturated carbocycles. The van der Waals surface area contributed by atoms with Crippen LogP contribution in [0.4, 0.5) is 8.78 Å². The van der Waals surface area contributed by atoms with E-state index >= 15 is 0 Å². The van der Waals surface area contributed by atoms with Gasteiger partial charge in [0.15, 0.2) is 11.6 Å². The quantitative estimate of drug-likeness (QED) is 0.822. The van der Waals surface area contributed by atoms with Gasteiger partial charge in [-0.2, -0.15) is 0 Å². The fourth-order valence-electron chi connectivity index (χ4n) is 2.43.